The van der Waals surface area contributed by atoms with E-state index in [0.29, 0.717) is 49.9 Å². The molecular formula is C63H104O23. The molecule has 0 unspecified atom stereocenters. The first-order valence-corrected chi connectivity index (χ1v) is 32.3. The van der Waals surface area contributed by atoms with Crippen molar-refractivity contribution in [3.63, 3.8) is 0 Å². The molecule has 0 amide bonds. The van der Waals surface area contributed by atoms with Crippen LogP contribution >= 0.6 is 0 Å². The first-order chi connectivity index (χ1) is 41.0. The predicted molar refractivity (Wildman–Crippen MR) is 302 cm³/mol. The molecule has 0 radical (unpaired) electrons. The molecule has 11 aliphatic rings. The van der Waals surface area contributed by atoms with Crippen LogP contribution in [0.2, 0.25) is 0 Å². The number of rotatable bonds is 16. The second-order valence-corrected chi connectivity index (χ2v) is 27.7. The molecule has 7 saturated heterocycles. The van der Waals surface area contributed by atoms with Crippen LogP contribution in [0.1, 0.15) is 146 Å². The molecule has 86 heavy (non-hydrogen) atoms. The molecule has 1 spiro atoms. The molecule has 0 aromatic rings. The fourth-order valence-corrected chi connectivity index (χ4v) is 17.8. The maximum Gasteiger partial charge on any atom is 0.228 e. The van der Waals surface area contributed by atoms with E-state index in [1.165, 1.54) is 12.7 Å². The summed E-state index contributed by atoms with van der Waals surface area (Å²) in [6.45, 7) is 18.0. The molecule has 494 valence electrons. The number of fused-ring (bicyclic) bond motifs is 6. The van der Waals surface area contributed by atoms with Gasteiger partial charge in [0.25, 0.3) is 0 Å². The molecule has 4 aliphatic carbocycles. The van der Waals surface area contributed by atoms with E-state index in [1.807, 2.05) is 41.5 Å². The molecule has 11 rings (SSSR count). The van der Waals surface area contributed by atoms with E-state index in [4.69, 9.17) is 90.3 Å². The van der Waals surface area contributed by atoms with Crippen LogP contribution in [0.15, 0.2) is 11.6 Å². The van der Waals surface area contributed by atoms with E-state index in [2.05, 4.69) is 19.9 Å². The van der Waals surface area contributed by atoms with Gasteiger partial charge in [-0.1, -0.05) is 25.5 Å². The molecule has 0 aromatic heterocycles. The Bertz CT molecular complexity index is 2270. The zero-order valence-corrected chi connectivity index (χ0v) is 53.3. The second kappa shape index (κ2) is 26.7. The lowest BCUT2D eigenvalue weighted by Crippen LogP contribution is -2.61. The normalized spacial score (nSPS) is 53.8. The highest BCUT2D eigenvalue weighted by molar-refractivity contribution is 5.26. The van der Waals surface area contributed by atoms with Gasteiger partial charge in [-0.25, -0.2) is 4.89 Å². The summed E-state index contributed by atoms with van der Waals surface area (Å²) < 4.78 is 108. The minimum Gasteiger partial charge on any atom is -0.393 e. The summed E-state index contributed by atoms with van der Waals surface area (Å²) in [4.78, 5) is 12.5. The Hall–Kier alpha value is -1.18. The standard InChI is InChI=1S/C63H104O23/c1-30-51(65)58(72-14)52(66)59(78-30)83-55-33(4)76-49(26-44(55)70-12)81-53-31(2)74-48(24-42(53)68-10)80-54-32(3)75-50(25-43(54)69-11)82-56-35(6)84-62(28-46(56)71-13)29-73-45-27-47(77-34(5)57(45)85-86-62)79-36(7)63(67)22-19-41-39-16-15-37-23-38(64)17-20-60(37,8)40(39)18-21-61(41,63)9/h15,30-36,38-59,64-67H,16-29H2,1-14H3/t30-,31-,32-,33-,34-,35-,36-,38+,39-,40+,41+,42+,43+,44+,45-,46-,47+,48+,49+,50+,51+,52-,53-,54-,55-,56-,57-,58+,59+,60+,61+,62+,63+/m1/s1. The topological polar surface area (TPSA) is 256 Å². The summed E-state index contributed by atoms with van der Waals surface area (Å²) in [5, 5.41) is 44.8. The van der Waals surface area contributed by atoms with Gasteiger partial charge in [0.15, 0.2) is 31.5 Å². The Morgan fingerprint density at radius 1 is 0.570 bits per heavy atom. The zero-order chi connectivity index (χ0) is 61.4. The van der Waals surface area contributed by atoms with Crippen LogP contribution in [-0.4, -0.2) is 234 Å². The third-order valence-electron chi connectivity index (χ3n) is 22.9. The maximum absolute atomic E-state index is 12.8. The van der Waals surface area contributed by atoms with Crippen molar-refractivity contribution in [2.45, 2.75) is 317 Å². The van der Waals surface area contributed by atoms with Crippen molar-refractivity contribution in [3.8, 4) is 0 Å². The van der Waals surface area contributed by atoms with E-state index < -0.39 is 165 Å². The van der Waals surface area contributed by atoms with E-state index in [-0.39, 0.29) is 30.0 Å². The molecule has 0 bridgehead atoms. The largest absolute Gasteiger partial charge is 0.393 e. The number of methoxy groups -OCH3 is 5. The molecule has 10 fully saturated rings. The van der Waals surface area contributed by atoms with Gasteiger partial charge in [-0.05, 0) is 123 Å². The fourth-order valence-electron chi connectivity index (χ4n) is 17.8. The van der Waals surface area contributed by atoms with Gasteiger partial charge in [-0.15, -0.1) is 0 Å². The van der Waals surface area contributed by atoms with Gasteiger partial charge in [0.2, 0.25) is 5.79 Å². The van der Waals surface area contributed by atoms with Crippen molar-refractivity contribution >= 4 is 0 Å². The molecule has 7 aliphatic heterocycles. The minimum atomic E-state index is -1.32. The van der Waals surface area contributed by atoms with Gasteiger partial charge in [0, 0.05) is 73.1 Å². The molecule has 4 N–H and O–H groups in total. The van der Waals surface area contributed by atoms with Crippen molar-refractivity contribution in [1.29, 1.82) is 0 Å². The maximum atomic E-state index is 12.8. The van der Waals surface area contributed by atoms with Crippen molar-refractivity contribution in [2.75, 3.05) is 42.2 Å². The number of aliphatic hydroxyl groups is 4. The Labute approximate surface area is 508 Å². The van der Waals surface area contributed by atoms with Crippen molar-refractivity contribution in [3.05, 3.63) is 11.6 Å². The van der Waals surface area contributed by atoms with Gasteiger partial charge >= 0.3 is 0 Å². The van der Waals surface area contributed by atoms with Crippen LogP contribution < -0.4 is 0 Å². The predicted octanol–water partition coefficient (Wildman–Crippen LogP) is 5.29. The smallest absolute Gasteiger partial charge is 0.228 e. The Kier molecular flexibility index (Phi) is 20.6. The SMILES string of the molecule is CO[C@H]1[C@@H](O)[C@@H](C)O[C@@H](O[C@H]2[C@@H](OC)C[C@H](O[C@H]3[C@@H](OC)C[C@H](O[C@H]4[C@@H](OC)C[C@H](O[C@@H]5[C@@H](C)O[C@@]6(CO[C@@H]7C[C@H](O[C@H](C)[C@@]8(O)CC[C@H]9[C@@H]%10CC=C%11C[C@@H](O)CC[C@]%11(C)[C@H]%10CC[C@@]98C)O[C@H](C)[C@H]7OO6)C[C@H]5OC)O[C@@H]4C)O[C@@H]3C)O[C@@H]2C)[C@@H]1O. The highest BCUT2D eigenvalue weighted by atomic mass is 17.2. The first-order valence-electron chi connectivity index (χ1n) is 32.3. The average molecular weight is 1230 g/mol. The lowest BCUT2D eigenvalue weighted by molar-refractivity contribution is -0.472. The van der Waals surface area contributed by atoms with Crippen LogP contribution in [0.5, 0.6) is 0 Å². The molecular weight excluding hydrogens is 1120 g/mol. The van der Waals surface area contributed by atoms with Crippen molar-refractivity contribution in [1.82, 2.24) is 0 Å². The van der Waals surface area contributed by atoms with Crippen LogP contribution in [0.25, 0.3) is 0 Å². The van der Waals surface area contributed by atoms with E-state index in [1.54, 1.807) is 35.4 Å². The van der Waals surface area contributed by atoms with Gasteiger partial charge in [0.05, 0.1) is 85.0 Å². The average Bonchev–Trinajstić information content (AvgIpc) is 1.44. The summed E-state index contributed by atoms with van der Waals surface area (Å²) in [6.07, 6.45) is -4.57. The molecule has 23 nitrogen and oxygen atoms in total. The number of hydrogen-bond acceptors (Lipinski definition) is 23. The Morgan fingerprint density at radius 2 is 1.13 bits per heavy atom. The van der Waals surface area contributed by atoms with Crippen LogP contribution in [-0.2, 0) is 90.3 Å². The zero-order valence-electron chi connectivity index (χ0n) is 53.3. The highest BCUT2D eigenvalue weighted by Crippen LogP contribution is 2.68. The fraction of sp³-hybridized carbons (Fsp3) is 0.968. The Morgan fingerprint density at radius 3 is 1.71 bits per heavy atom. The van der Waals surface area contributed by atoms with Crippen LogP contribution in [0, 0.1) is 28.6 Å². The van der Waals surface area contributed by atoms with Crippen LogP contribution in [0.3, 0.4) is 0 Å². The molecule has 23 heteroatoms. The first kappa shape index (κ1) is 66.3. The van der Waals surface area contributed by atoms with Gasteiger partial charge in [-0.3, -0.25) is 0 Å². The molecule has 3 saturated carbocycles. The lowest BCUT2D eigenvalue weighted by Gasteiger charge is -2.59. The third kappa shape index (κ3) is 12.5. The van der Waals surface area contributed by atoms with E-state index in [9.17, 15) is 20.4 Å². The van der Waals surface area contributed by atoms with Crippen molar-refractivity contribution < 1.29 is 111 Å². The van der Waals surface area contributed by atoms with Gasteiger partial charge < -0.3 is 101 Å². The quantitative estimate of drug-likeness (QED) is 0.113. The third-order valence-corrected chi connectivity index (χ3v) is 22.9. The van der Waals surface area contributed by atoms with Crippen molar-refractivity contribution in [2.24, 2.45) is 28.6 Å². The summed E-state index contributed by atoms with van der Waals surface area (Å²) in [6, 6.07) is 0. The number of hydrogen-bond donors (Lipinski definition) is 4. The molecule has 7 heterocycles. The van der Waals surface area contributed by atoms with E-state index >= 15 is 0 Å². The monoisotopic (exact) mass is 1230 g/mol. The number of ether oxygens (including phenoxy) is 17. The summed E-state index contributed by atoms with van der Waals surface area (Å²) >= 11 is 0. The summed E-state index contributed by atoms with van der Waals surface area (Å²) in [5.74, 6) is 0.139. The highest BCUT2D eigenvalue weighted by Gasteiger charge is 2.66. The second-order valence-electron chi connectivity index (χ2n) is 27.7. The lowest BCUT2D eigenvalue weighted by atomic mass is 9.46. The summed E-state index contributed by atoms with van der Waals surface area (Å²) in [5.41, 5.74) is 0.247. The molecule has 0 aromatic carbocycles. The summed E-state index contributed by atoms with van der Waals surface area (Å²) in [7, 11) is 7.92. The number of allylic oxidation sites excluding steroid dienone is 1. The molecule has 33 atom stereocenters. The van der Waals surface area contributed by atoms with Crippen LogP contribution in [0.4, 0.5) is 0 Å². The van der Waals surface area contributed by atoms with Gasteiger partial charge in [-0.2, -0.15) is 4.89 Å². The number of aliphatic hydroxyl groups excluding tert-OH is 3. The van der Waals surface area contributed by atoms with E-state index in [0.717, 1.165) is 44.9 Å². The minimum absolute atomic E-state index is 0.0603. The van der Waals surface area contributed by atoms with Gasteiger partial charge in [0.1, 0.15) is 55.4 Å². The Balaban J connectivity index is 0.652.